The lowest BCUT2D eigenvalue weighted by Crippen LogP contribution is -2.22. The van der Waals surface area contributed by atoms with Crippen LogP contribution in [0.5, 0.6) is 0 Å². The SMILES string of the molecule is Cc1cnc(NC(C)C(C)C)c(Br)c1. The minimum Gasteiger partial charge on any atom is -0.366 e. The van der Waals surface area contributed by atoms with Crippen LogP contribution in [0.4, 0.5) is 5.82 Å². The van der Waals surface area contributed by atoms with Gasteiger partial charge in [-0.25, -0.2) is 4.98 Å². The Labute approximate surface area is 94.3 Å². The normalized spacial score (nSPS) is 13.0. The van der Waals surface area contributed by atoms with E-state index in [-0.39, 0.29) is 0 Å². The van der Waals surface area contributed by atoms with Gasteiger partial charge in [-0.1, -0.05) is 13.8 Å². The fourth-order valence-electron chi connectivity index (χ4n) is 1.02. The molecule has 0 aliphatic heterocycles. The fourth-order valence-corrected chi connectivity index (χ4v) is 1.60. The third-order valence-corrected chi connectivity index (χ3v) is 2.95. The molecule has 1 aromatic heterocycles. The molecule has 1 N–H and O–H groups in total. The molecule has 1 atom stereocenters. The minimum atomic E-state index is 0.432. The molecule has 1 heterocycles. The highest BCUT2D eigenvalue weighted by atomic mass is 79.9. The quantitative estimate of drug-likeness (QED) is 0.894. The van der Waals surface area contributed by atoms with E-state index in [1.807, 2.05) is 13.1 Å². The minimum absolute atomic E-state index is 0.432. The van der Waals surface area contributed by atoms with Crippen molar-refractivity contribution in [1.82, 2.24) is 4.98 Å². The molecule has 0 bridgehead atoms. The summed E-state index contributed by atoms with van der Waals surface area (Å²) in [6, 6.07) is 2.50. The summed E-state index contributed by atoms with van der Waals surface area (Å²) in [5.41, 5.74) is 1.17. The van der Waals surface area contributed by atoms with Crippen molar-refractivity contribution in [2.45, 2.75) is 33.7 Å². The third kappa shape index (κ3) is 2.98. The molecular weight excluding hydrogens is 240 g/mol. The van der Waals surface area contributed by atoms with Crippen molar-refractivity contribution in [3.8, 4) is 0 Å². The summed E-state index contributed by atoms with van der Waals surface area (Å²) in [6.45, 7) is 8.59. The number of anilines is 1. The molecule has 0 amide bonds. The largest absolute Gasteiger partial charge is 0.366 e. The van der Waals surface area contributed by atoms with Crippen LogP contribution in [0.15, 0.2) is 16.7 Å². The monoisotopic (exact) mass is 256 g/mol. The van der Waals surface area contributed by atoms with Crippen molar-refractivity contribution in [2.75, 3.05) is 5.32 Å². The van der Waals surface area contributed by atoms with E-state index < -0.39 is 0 Å². The number of rotatable bonds is 3. The van der Waals surface area contributed by atoms with Crippen LogP contribution in [0, 0.1) is 12.8 Å². The van der Waals surface area contributed by atoms with Gasteiger partial charge in [0.2, 0.25) is 0 Å². The summed E-state index contributed by atoms with van der Waals surface area (Å²) in [6.07, 6.45) is 1.88. The molecule has 0 aliphatic rings. The third-order valence-electron chi connectivity index (χ3n) is 2.34. The Kier molecular flexibility index (Phi) is 3.93. The smallest absolute Gasteiger partial charge is 0.140 e. The standard InChI is InChI=1S/C11H17BrN2/c1-7(2)9(4)14-11-10(12)5-8(3)6-13-11/h5-7,9H,1-4H3,(H,13,14). The van der Waals surface area contributed by atoms with Crippen LogP contribution in [0.1, 0.15) is 26.3 Å². The van der Waals surface area contributed by atoms with E-state index in [1.54, 1.807) is 0 Å². The van der Waals surface area contributed by atoms with Gasteiger partial charge in [0.05, 0.1) is 4.47 Å². The maximum atomic E-state index is 4.34. The number of pyridine rings is 1. The summed E-state index contributed by atoms with van der Waals surface area (Å²) in [5.74, 6) is 1.53. The van der Waals surface area contributed by atoms with Crippen molar-refractivity contribution in [2.24, 2.45) is 5.92 Å². The first-order valence-corrected chi connectivity index (χ1v) is 5.68. The summed E-state index contributed by atoms with van der Waals surface area (Å²) in [7, 11) is 0. The van der Waals surface area contributed by atoms with E-state index >= 15 is 0 Å². The van der Waals surface area contributed by atoms with Crippen molar-refractivity contribution in [3.05, 3.63) is 22.3 Å². The molecule has 3 heteroatoms. The molecule has 0 fully saturated rings. The molecule has 0 spiro atoms. The molecule has 2 nitrogen and oxygen atoms in total. The van der Waals surface area contributed by atoms with E-state index in [0.717, 1.165) is 10.3 Å². The van der Waals surface area contributed by atoms with Crippen LogP contribution in [0.25, 0.3) is 0 Å². The number of aromatic nitrogens is 1. The Morgan fingerprint density at radius 1 is 1.36 bits per heavy atom. The van der Waals surface area contributed by atoms with E-state index in [1.165, 1.54) is 5.56 Å². The van der Waals surface area contributed by atoms with Gasteiger partial charge in [-0.15, -0.1) is 0 Å². The van der Waals surface area contributed by atoms with Gasteiger partial charge in [0.25, 0.3) is 0 Å². The fraction of sp³-hybridized carbons (Fsp3) is 0.545. The second-order valence-electron chi connectivity index (χ2n) is 4.02. The lowest BCUT2D eigenvalue weighted by Gasteiger charge is -2.18. The molecular formula is C11H17BrN2. The maximum absolute atomic E-state index is 4.34. The molecule has 1 aromatic rings. The van der Waals surface area contributed by atoms with E-state index in [4.69, 9.17) is 0 Å². The van der Waals surface area contributed by atoms with Crippen LogP contribution in [-0.2, 0) is 0 Å². The molecule has 0 saturated carbocycles. The van der Waals surface area contributed by atoms with Gasteiger partial charge in [-0.2, -0.15) is 0 Å². The van der Waals surface area contributed by atoms with Gasteiger partial charge in [-0.3, -0.25) is 0 Å². The highest BCUT2D eigenvalue weighted by molar-refractivity contribution is 9.10. The van der Waals surface area contributed by atoms with Gasteiger partial charge < -0.3 is 5.32 Å². The number of aryl methyl sites for hydroxylation is 1. The molecule has 0 aliphatic carbocycles. The maximum Gasteiger partial charge on any atom is 0.140 e. The topological polar surface area (TPSA) is 24.9 Å². The van der Waals surface area contributed by atoms with Crippen LogP contribution in [-0.4, -0.2) is 11.0 Å². The number of nitrogens with zero attached hydrogens (tertiary/aromatic N) is 1. The van der Waals surface area contributed by atoms with Gasteiger partial charge in [0.15, 0.2) is 0 Å². The molecule has 78 valence electrons. The molecule has 0 radical (unpaired) electrons. The summed E-state index contributed by atoms with van der Waals surface area (Å²) >= 11 is 3.50. The van der Waals surface area contributed by atoms with Gasteiger partial charge in [0, 0.05) is 12.2 Å². The van der Waals surface area contributed by atoms with Gasteiger partial charge in [-0.05, 0) is 47.3 Å². The van der Waals surface area contributed by atoms with Crippen molar-refractivity contribution in [1.29, 1.82) is 0 Å². The molecule has 0 aromatic carbocycles. The van der Waals surface area contributed by atoms with Crippen LogP contribution >= 0.6 is 15.9 Å². The zero-order chi connectivity index (χ0) is 10.7. The first-order chi connectivity index (χ1) is 6.50. The average Bonchev–Trinajstić information content (AvgIpc) is 2.09. The zero-order valence-electron chi connectivity index (χ0n) is 9.13. The highest BCUT2D eigenvalue weighted by Gasteiger charge is 2.09. The first kappa shape index (κ1) is 11.5. The Hall–Kier alpha value is -0.570. The summed E-state index contributed by atoms with van der Waals surface area (Å²) < 4.78 is 1.03. The van der Waals surface area contributed by atoms with E-state index in [2.05, 4.69) is 53.1 Å². The molecule has 1 unspecified atom stereocenters. The molecule has 14 heavy (non-hydrogen) atoms. The van der Waals surface area contributed by atoms with E-state index in [9.17, 15) is 0 Å². The number of nitrogens with one attached hydrogen (secondary N) is 1. The number of halogens is 1. The van der Waals surface area contributed by atoms with E-state index in [0.29, 0.717) is 12.0 Å². The average molecular weight is 257 g/mol. The summed E-state index contributed by atoms with van der Waals surface area (Å²) in [5, 5.41) is 3.38. The zero-order valence-corrected chi connectivity index (χ0v) is 10.7. The second-order valence-corrected chi connectivity index (χ2v) is 4.87. The Bertz CT molecular complexity index is 310. The lowest BCUT2D eigenvalue weighted by molar-refractivity contribution is 0.558. The van der Waals surface area contributed by atoms with Crippen LogP contribution in [0.2, 0.25) is 0 Å². The Morgan fingerprint density at radius 3 is 2.50 bits per heavy atom. The summed E-state index contributed by atoms with van der Waals surface area (Å²) in [4.78, 5) is 4.34. The predicted molar refractivity (Wildman–Crippen MR) is 64.6 cm³/mol. The number of hydrogen-bond donors (Lipinski definition) is 1. The van der Waals surface area contributed by atoms with Crippen LogP contribution < -0.4 is 5.32 Å². The van der Waals surface area contributed by atoms with Crippen molar-refractivity contribution in [3.63, 3.8) is 0 Å². The van der Waals surface area contributed by atoms with Gasteiger partial charge in [0.1, 0.15) is 5.82 Å². The van der Waals surface area contributed by atoms with Crippen LogP contribution in [0.3, 0.4) is 0 Å². The second kappa shape index (κ2) is 4.78. The van der Waals surface area contributed by atoms with Crippen molar-refractivity contribution < 1.29 is 0 Å². The Morgan fingerprint density at radius 2 is 2.00 bits per heavy atom. The lowest BCUT2D eigenvalue weighted by atomic mass is 10.1. The predicted octanol–water partition coefficient (Wildman–Crippen LogP) is 3.61. The van der Waals surface area contributed by atoms with Crippen molar-refractivity contribution >= 4 is 21.7 Å². The first-order valence-electron chi connectivity index (χ1n) is 4.89. The number of hydrogen-bond acceptors (Lipinski definition) is 2. The molecule has 0 saturated heterocycles. The molecule has 1 rings (SSSR count). The Balaban J connectivity index is 2.77. The van der Waals surface area contributed by atoms with Gasteiger partial charge >= 0.3 is 0 Å². The highest BCUT2D eigenvalue weighted by Crippen LogP contribution is 2.22.